The zero-order chi connectivity index (χ0) is 17.7. The van der Waals surface area contributed by atoms with Crippen LogP contribution in [0.25, 0.3) is 0 Å². The van der Waals surface area contributed by atoms with E-state index < -0.39 is 0 Å². The number of likely N-dealkylation sites (N-methyl/N-ethyl adjacent to an activating group) is 1. The standard InChI is InChI=1S/C18H27BrN2O3/c1-13(2)24-16-11-14(19)5-6-15(16)17(22)20-12-18(21(3)4)7-9-23-10-8-18/h5-6,11,13H,7-10,12H2,1-4H3,(H,20,22). The van der Waals surface area contributed by atoms with E-state index in [9.17, 15) is 4.79 Å². The van der Waals surface area contributed by atoms with Crippen molar-refractivity contribution in [1.29, 1.82) is 0 Å². The predicted molar refractivity (Wildman–Crippen MR) is 98.7 cm³/mol. The second-order valence-electron chi connectivity index (χ2n) is 6.72. The van der Waals surface area contributed by atoms with Crippen LogP contribution < -0.4 is 10.1 Å². The first-order valence-electron chi connectivity index (χ1n) is 8.34. The van der Waals surface area contributed by atoms with Crippen molar-refractivity contribution in [2.75, 3.05) is 33.9 Å². The number of hydrogen-bond acceptors (Lipinski definition) is 4. The summed E-state index contributed by atoms with van der Waals surface area (Å²) in [4.78, 5) is 14.9. The fraction of sp³-hybridized carbons (Fsp3) is 0.611. The largest absolute Gasteiger partial charge is 0.490 e. The number of carbonyl (C=O) groups is 1. The van der Waals surface area contributed by atoms with Crippen LogP contribution in [-0.4, -0.2) is 56.3 Å². The van der Waals surface area contributed by atoms with Gasteiger partial charge in [0.2, 0.25) is 0 Å². The summed E-state index contributed by atoms with van der Waals surface area (Å²) in [6.45, 7) is 5.96. The topological polar surface area (TPSA) is 50.8 Å². The number of rotatable bonds is 6. The normalized spacial score (nSPS) is 17.1. The van der Waals surface area contributed by atoms with Crippen molar-refractivity contribution in [3.8, 4) is 5.75 Å². The van der Waals surface area contributed by atoms with Gasteiger partial charge in [-0.1, -0.05) is 15.9 Å². The summed E-state index contributed by atoms with van der Waals surface area (Å²) < 4.78 is 12.2. The van der Waals surface area contributed by atoms with E-state index in [0.717, 1.165) is 30.5 Å². The molecule has 2 rings (SSSR count). The molecule has 1 saturated heterocycles. The molecule has 1 N–H and O–H groups in total. The van der Waals surface area contributed by atoms with Crippen LogP contribution in [-0.2, 0) is 4.74 Å². The molecule has 0 saturated carbocycles. The minimum Gasteiger partial charge on any atom is -0.490 e. The van der Waals surface area contributed by atoms with E-state index in [1.54, 1.807) is 6.07 Å². The summed E-state index contributed by atoms with van der Waals surface area (Å²) in [5, 5.41) is 3.09. The zero-order valence-corrected chi connectivity index (χ0v) is 16.5. The molecule has 1 amide bonds. The third kappa shape index (κ3) is 4.71. The van der Waals surface area contributed by atoms with Crippen LogP contribution in [0, 0.1) is 0 Å². The molecular formula is C18H27BrN2O3. The molecule has 1 aromatic carbocycles. The molecule has 0 aromatic heterocycles. The van der Waals surface area contributed by atoms with Crippen LogP contribution >= 0.6 is 15.9 Å². The molecule has 0 unspecified atom stereocenters. The number of benzene rings is 1. The molecule has 5 nitrogen and oxygen atoms in total. The van der Waals surface area contributed by atoms with Crippen LogP contribution in [0.3, 0.4) is 0 Å². The number of carbonyl (C=O) groups excluding carboxylic acids is 1. The number of halogens is 1. The van der Waals surface area contributed by atoms with Gasteiger partial charge < -0.3 is 19.7 Å². The Morgan fingerprint density at radius 1 is 1.38 bits per heavy atom. The van der Waals surface area contributed by atoms with Crippen LogP contribution in [0.4, 0.5) is 0 Å². The lowest BCUT2D eigenvalue weighted by molar-refractivity contribution is -0.00659. The second-order valence-corrected chi connectivity index (χ2v) is 7.64. The number of amides is 1. The Hall–Kier alpha value is -1.11. The first kappa shape index (κ1) is 19.2. The molecule has 0 bridgehead atoms. The van der Waals surface area contributed by atoms with Gasteiger partial charge in [0.1, 0.15) is 5.75 Å². The van der Waals surface area contributed by atoms with Crippen LogP contribution in [0.1, 0.15) is 37.0 Å². The van der Waals surface area contributed by atoms with Gasteiger partial charge in [0.05, 0.1) is 11.7 Å². The molecule has 1 aliphatic heterocycles. The van der Waals surface area contributed by atoms with Crippen molar-refractivity contribution in [3.63, 3.8) is 0 Å². The second kappa shape index (κ2) is 8.32. The average Bonchev–Trinajstić information content (AvgIpc) is 2.53. The fourth-order valence-electron chi connectivity index (χ4n) is 2.91. The maximum absolute atomic E-state index is 12.7. The third-order valence-electron chi connectivity index (χ3n) is 4.50. The summed E-state index contributed by atoms with van der Waals surface area (Å²) >= 11 is 3.43. The van der Waals surface area contributed by atoms with Crippen molar-refractivity contribution in [2.45, 2.75) is 38.3 Å². The summed E-state index contributed by atoms with van der Waals surface area (Å²) in [5.41, 5.74) is 0.510. The molecule has 0 radical (unpaired) electrons. The first-order chi connectivity index (χ1) is 11.3. The van der Waals surface area contributed by atoms with Crippen LogP contribution in [0.5, 0.6) is 5.75 Å². The molecule has 0 aliphatic carbocycles. The fourth-order valence-corrected chi connectivity index (χ4v) is 3.25. The lowest BCUT2D eigenvalue weighted by atomic mass is 9.88. The lowest BCUT2D eigenvalue weighted by Gasteiger charge is -2.42. The Balaban J connectivity index is 2.11. The lowest BCUT2D eigenvalue weighted by Crippen LogP contribution is -2.55. The SMILES string of the molecule is CC(C)Oc1cc(Br)ccc1C(=O)NCC1(N(C)C)CCOCC1. The molecule has 1 fully saturated rings. The van der Waals surface area contributed by atoms with E-state index in [1.807, 2.05) is 26.0 Å². The number of nitrogens with one attached hydrogen (secondary N) is 1. The molecule has 24 heavy (non-hydrogen) atoms. The van der Waals surface area contributed by atoms with Crippen LogP contribution in [0.2, 0.25) is 0 Å². The van der Waals surface area contributed by atoms with Gasteiger partial charge in [-0.15, -0.1) is 0 Å². The maximum atomic E-state index is 12.7. The molecule has 0 spiro atoms. The van der Waals surface area contributed by atoms with E-state index in [0.29, 0.717) is 17.9 Å². The van der Waals surface area contributed by atoms with Gasteiger partial charge in [-0.2, -0.15) is 0 Å². The molecular weight excluding hydrogens is 372 g/mol. The summed E-state index contributed by atoms with van der Waals surface area (Å²) in [6, 6.07) is 5.49. The van der Waals surface area contributed by atoms with Crippen molar-refractivity contribution >= 4 is 21.8 Å². The van der Waals surface area contributed by atoms with Crippen LogP contribution in [0.15, 0.2) is 22.7 Å². The Morgan fingerprint density at radius 2 is 2.04 bits per heavy atom. The predicted octanol–water partition coefficient (Wildman–Crippen LogP) is 3.08. The van der Waals surface area contributed by atoms with E-state index in [2.05, 4.69) is 40.2 Å². The molecule has 0 atom stereocenters. The van der Waals surface area contributed by atoms with E-state index in [1.165, 1.54) is 0 Å². The van der Waals surface area contributed by atoms with Crippen molar-refractivity contribution in [3.05, 3.63) is 28.2 Å². The molecule has 134 valence electrons. The van der Waals surface area contributed by atoms with E-state index in [-0.39, 0.29) is 17.6 Å². The van der Waals surface area contributed by atoms with Gasteiger partial charge >= 0.3 is 0 Å². The highest BCUT2D eigenvalue weighted by Gasteiger charge is 2.35. The Kier molecular flexibility index (Phi) is 6.66. The average molecular weight is 399 g/mol. The monoisotopic (exact) mass is 398 g/mol. The number of nitrogens with zero attached hydrogens (tertiary/aromatic N) is 1. The minimum absolute atomic E-state index is 0.00876. The smallest absolute Gasteiger partial charge is 0.255 e. The third-order valence-corrected chi connectivity index (χ3v) is 4.99. The summed E-state index contributed by atoms with van der Waals surface area (Å²) in [7, 11) is 4.12. The van der Waals surface area contributed by atoms with Crippen molar-refractivity contribution < 1.29 is 14.3 Å². The molecule has 1 aromatic rings. The first-order valence-corrected chi connectivity index (χ1v) is 9.13. The van der Waals surface area contributed by atoms with Gasteiger partial charge in [-0.05, 0) is 59.0 Å². The van der Waals surface area contributed by atoms with E-state index >= 15 is 0 Å². The molecule has 1 heterocycles. The van der Waals surface area contributed by atoms with Crippen molar-refractivity contribution in [2.24, 2.45) is 0 Å². The number of ether oxygens (including phenoxy) is 2. The maximum Gasteiger partial charge on any atom is 0.255 e. The van der Waals surface area contributed by atoms with Crippen molar-refractivity contribution in [1.82, 2.24) is 10.2 Å². The molecule has 1 aliphatic rings. The van der Waals surface area contributed by atoms with Gasteiger partial charge in [0.25, 0.3) is 5.91 Å². The van der Waals surface area contributed by atoms with Gasteiger partial charge in [-0.25, -0.2) is 0 Å². The Labute approximate surface area is 152 Å². The highest BCUT2D eigenvalue weighted by Crippen LogP contribution is 2.27. The molecule has 6 heteroatoms. The quantitative estimate of drug-likeness (QED) is 0.799. The van der Waals surface area contributed by atoms with E-state index in [4.69, 9.17) is 9.47 Å². The Morgan fingerprint density at radius 3 is 2.62 bits per heavy atom. The Bertz CT molecular complexity index is 569. The van der Waals surface area contributed by atoms with Gasteiger partial charge in [-0.3, -0.25) is 4.79 Å². The summed E-state index contributed by atoms with van der Waals surface area (Å²) in [6.07, 6.45) is 1.83. The number of hydrogen-bond donors (Lipinski definition) is 1. The highest BCUT2D eigenvalue weighted by molar-refractivity contribution is 9.10. The minimum atomic E-state index is -0.106. The highest BCUT2D eigenvalue weighted by atomic mass is 79.9. The zero-order valence-electron chi connectivity index (χ0n) is 14.9. The van der Waals surface area contributed by atoms with Gasteiger partial charge in [0.15, 0.2) is 0 Å². The van der Waals surface area contributed by atoms with Gasteiger partial charge in [0, 0.05) is 29.8 Å². The summed E-state index contributed by atoms with van der Waals surface area (Å²) in [5.74, 6) is 0.494.